The first-order valence-corrected chi connectivity index (χ1v) is 10.0. The van der Waals surface area contributed by atoms with E-state index >= 15 is 0 Å². The van der Waals surface area contributed by atoms with Crippen LogP contribution in [0.3, 0.4) is 0 Å². The van der Waals surface area contributed by atoms with Gasteiger partial charge in [0.1, 0.15) is 18.3 Å². The molecule has 0 atom stereocenters. The summed E-state index contributed by atoms with van der Waals surface area (Å²) in [5.74, 6) is 0.337. The minimum absolute atomic E-state index is 0.00935. The van der Waals surface area contributed by atoms with Crippen molar-refractivity contribution in [2.75, 3.05) is 24.7 Å². The van der Waals surface area contributed by atoms with Crippen molar-refractivity contribution >= 4 is 17.4 Å². The molecule has 4 rings (SSSR count). The van der Waals surface area contributed by atoms with E-state index < -0.39 is 6.67 Å². The summed E-state index contributed by atoms with van der Waals surface area (Å²) in [7, 11) is 0. The zero-order valence-electron chi connectivity index (χ0n) is 16.8. The summed E-state index contributed by atoms with van der Waals surface area (Å²) in [6.07, 6.45) is 3.08. The maximum atomic E-state index is 13.9. The maximum absolute atomic E-state index is 13.9. The van der Waals surface area contributed by atoms with E-state index in [2.05, 4.69) is 15.2 Å². The summed E-state index contributed by atoms with van der Waals surface area (Å²) < 4.78 is 26.3. The number of benzene rings is 2. The molecule has 1 amide bonds. The molecule has 4 nitrogen and oxygen atoms in total. The van der Waals surface area contributed by atoms with Gasteiger partial charge in [0.25, 0.3) is 5.91 Å². The van der Waals surface area contributed by atoms with Crippen molar-refractivity contribution in [1.82, 2.24) is 10.3 Å². The van der Waals surface area contributed by atoms with Crippen LogP contribution in [-0.4, -0.2) is 30.7 Å². The van der Waals surface area contributed by atoms with Gasteiger partial charge in [0.15, 0.2) is 0 Å². The summed E-state index contributed by atoms with van der Waals surface area (Å²) in [5.41, 5.74) is 5.04. The average Bonchev–Trinajstić information content (AvgIpc) is 3.19. The standard InChI is InChI=1S/C24H23F2N3O/c1-16-5-6-17(14-21(16)26)13-18-7-10-27-23(15-18)29-12-8-19-20(3-2-4-22(19)29)24(30)28-11-9-25/h2-7,10,14-15H,8-9,11-13H2,1H3,(H,28,30). The number of halogens is 2. The molecule has 0 aliphatic carbocycles. The molecule has 154 valence electrons. The van der Waals surface area contributed by atoms with Crippen LogP contribution in [-0.2, 0) is 12.8 Å². The number of nitrogens with zero attached hydrogens (tertiary/aromatic N) is 2. The highest BCUT2D eigenvalue weighted by Crippen LogP contribution is 2.35. The van der Waals surface area contributed by atoms with Crippen LogP contribution in [0.5, 0.6) is 0 Å². The fourth-order valence-corrected chi connectivity index (χ4v) is 3.84. The first-order chi connectivity index (χ1) is 14.6. The molecule has 2 heterocycles. The number of nitrogens with one attached hydrogen (secondary N) is 1. The highest BCUT2D eigenvalue weighted by Gasteiger charge is 2.26. The molecule has 0 saturated carbocycles. The Bertz CT molecular complexity index is 1080. The van der Waals surface area contributed by atoms with Gasteiger partial charge in [-0.3, -0.25) is 4.79 Å². The molecule has 0 saturated heterocycles. The average molecular weight is 407 g/mol. The van der Waals surface area contributed by atoms with Crippen LogP contribution in [0.1, 0.15) is 32.6 Å². The molecule has 2 aromatic carbocycles. The van der Waals surface area contributed by atoms with Gasteiger partial charge in [0, 0.05) is 30.5 Å². The summed E-state index contributed by atoms with van der Waals surface area (Å²) in [5, 5.41) is 2.60. The Morgan fingerprint density at radius 1 is 1.17 bits per heavy atom. The van der Waals surface area contributed by atoms with Crippen LogP contribution in [0.2, 0.25) is 0 Å². The molecule has 6 heteroatoms. The van der Waals surface area contributed by atoms with Gasteiger partial charge in [0.05, 0.1) is 0 Å². The highest BCUT2D eigenvalue weighted by atomic mass is 19.1. The van der Waals surface area contributed by atoms with E-state index in [1.807, 2.05) is 30.3 Å². The van der Waals surface area contributed by atoms with Crippen molar-refractivity contribution in [3.05, 3.63) is 88.4 Å². The van der Waals surface area contributed by atoms with E-state index in [1.54, 1.807) is 31.3 Å². The minimum atomic E-state index is -0.589. The van der Waals surface area contributed by atoms with E-state index in [0.29, 0.717) is 30.5 Å². The third-order valence-electron chi connectivity index (χ3n) is 5.38. The van der Waals surface area contributed by atoms with Crippen molar-refractivity contribution in [2.24, 2.45) is 0 Å². The van der Waals surface area contributed by atoms with Crippen molar-refractivity contribution < 1.29 is 13.6 Å². The van der Waals surface area contributed by atoms with E-state index in [4.69, 9.17) is 0 Å². The number of aryl methyl sites for hydroxylation is 1. The van der Waals surface area contributed by atoms with Gasteiger partial charge in [-0.15, -0.1) is 0 Å². The predicted octanol–water partition coefficient (Wildman–Crippen LogP) is 4.51. The van der Waals surface area contributed by atoms with E-state index in [9.17, 15) is 13.6 Å². The molecule has 1 aromatic heterocycles. The summed E-state index contributed by atoms with van der Waals surface area (Å²) in [6, 6.07) is 14.8. The molecule has 3 aromatic rings. The van der Waals surface area contributed by atoms with Gasteiger partial charge in [-0.2, -0.15) is 0 Å². The van der Waals surface area contributed by atoms with Crippen LogP contribution < -0.4 is 10.2 Å². The zero-order valence-corrected chi connectivity index (χ0v) is 16.8. The molecule has 0 spiro atoms. The Hall–Kier alpha value is -3.28. The fourth-order valence-electron chi connectivity index (χ4n) is 3.84. The molecule has 0 fully saturated rings. The molecule has 0 unspecified atom stereocenters. The first-order valence-electron chi connectivity index (χ1n) is 10.0. The summed E-state index contributed by atoms with van der Waals surface area (Å²) in [6.45, 7) is 1.88. The van der Waals surface area contributed by atoms with Crippen LogP contribution in [0.25, 0.3) is 0 Å². The van der Waals surface area contributed by atoms with Gasteiger partial charge in [-0.1, -0.05) is 18.2 Å². The SMILES string of the molecule is Cc1ccc(Cc2ccnc(N3CCc4c(C(=O)NCCF)cccc43)c2)cc1F. The van der Waals surface area contributed by atoms with E-state index in [0.717, 1.165) is 28.2 Å². The van der Waals surface area contributed by atoms with Crippen molar-refractivity contribution in [1.29, 1.82) is 0 Å². The van der Waals surface area contributed by atoms with E-state index in [-0.39, 0.29) is 18.3 Å². The van der Waals surface area contributed by atoms with Gasteiger partial charge in [-0.05, 0) is 72.4 Å². The topological polar surface area (TPSA) is 45.2 Å². The summed E-state index contributed by atoms with van der Waals surface area (Å²) >= 11 is 0. The normalized spacial score (nSPS) is 12.7. The van der Waals surface area contributed by atoms with Gasteiger partial charge >= 0.3 is 0 Å². The lowest BCUT2D eigenvalue weighted by Crippen LogP contribution is -2.26. The quantitative estimate of drug-likeness (QED) is 0.654. The number of fused-ring (bicyclic) bond motifs is 1. The number of carbonyl (C=O) groups excluding carboxylic acids is 1. The van der Waals surface area contributed by atoms with Gasteiger partial charge in [-0.25, -0.2) is 13.8 Å². The number of alkyl halides is 1. The Kier molecular flexibility index (Phi) is 5.74. The van der Waals surface area contributed by atoms with Crippen molar-refractivity contribution in [2.45, 2.75) is 19.8 Å². The number of aromatic nitrogens is 1. The second kappa shape index (κ2) is 8.61. The largest absolute Gasteiger partial charge is 0.349 e. The fraction of sp³-hybridized carbons (Fsp3) is 0.250. The van der Waals surface area contributed by atoms with Crippen LogP contribution in [0.15, 0.2) is 54.7 Å². The Morgan fingerprint density at radius 3 is 2.80 bits per heavy atom. The second-order valence-electron chi connectivity index (χ2n) is 7.43. The molecule has 0 bridgehead atoms. The van der Waals surface area contributed by atoms with Crippen molar-refractivity contribution in [3.8, 4) is 0 Å². The van der Waals surface area contributed by atoms with Crippen LogP contribution in [0, 0.1) is 12.7 Å². The van der Waals surface area contributed by atoms with Crippen LogP contribution in [0.4, 0.5) is 20.3 Å². The highest BCUT2D eigenvalue weighted by molar-refractivity contribution is 5.98. The van der Waals surface area contributed by atoms with Crippen LogP contribution >= 0.6 is 0 Å². The number of hydrogen-bond acceptors (Lipinski definition) is 3. The minimum Gasteiger partial charge on any atom is -0.349 e. The van der Waals surface area contributed by atoms with Crippen molar-refractivity contribution in [3.63, 3.8) is 0 Å². The van der Waals surface area contributed by atoms with Gasteiger partial charge < -0.3 is 10.2 Å². The maximum Gasteiger partial charge on any atom is 0.251 e. The molecular weight excluding hydrogens is 384 g/mol. The monoisotopic (exact) mass is 407 g/mol. The molecule has 1 aliphatic rings. The molecule has 1 N–H and O–H groups in total. The van der Waals surface area contributed by atoms with E-state index in [1.165, 1.54) is 0 Å². The number of rotatable bonds is 6. The predicted molar refractivity (Wildman–Crippen MR) is 114 cm³/mol. The Balaban J connectivity index is 1.59. The number of amides is 1. The Morgan fingerprint density at radius 2 is 2.00 bits per heavy atom. The molecule has 0 radical (unpaired) electrons. The molecular formula is C24H23F2N3O. The lowest BCUT2D eigenvalue weighted by atomic mass is 10.0. The number of hydrogen-bond donors (Lipinski definition) is 1. The number of anilines is 2. The third-order valence-corrected chi connectivity index (χ3v) is 5.38. The zero-order chi connectivity index (χ0) is 21.1. The lowest BCUT2D eigenvalue weighted by molar-refractivity contribution is 0.0950. The number of pyridine rings is 1. The lowest BCUT2D eigenvalue weighted by Gasteiger charge is -2.19. The number of carbonyl (C=O) groups is 1. The summed E-state index contributed by atoms with van der Waals surface area (Å²) in [4.78, 5) is 19.0. The molecule has 1 aliphatic heterocycles. The van der Waals surface area contributed by atoms with Gasteiger partial charge in [0.2, 0.25) is 0 Å². The second-order valence-corrected chi connectivity index (χ2v) is 7.43. The third kappa shape index (κ3) is 4.03. The molecule has 30 heavy (non-hydrogen) atoms. The first kappa shape index (κ1) is 20.0. The smallest absolute Gasteiger partial charge is 0.251 e. The Labute approximate surface area is 174 Å².